The van der Waals surface area contributed by atoms with Gasteiger partial charge in [-0.3, -0.25) is 9.97 Å². The second-order valence-electron chi connectivity index (χ2n) is 6.70. The molecule has 0 aliphatic carbocycles. The van der Waals surface area contributed by atoms with Crippen LogP contribution in [0.1, 0.15) is 18.5 Å². The minimum atomic E-state index is -3.53. The summed E-state index contributed by atoms with van der Waals surface area (Å²) in [5.74, 6) is 0.474. The van der Waals surface area contributed by atoms with Crippen LogP contribution in [-0.4, -0.2) is 35.8 Å². The fourth-order valence-electron chi connectivity index (χ4n) is 3.59. The Labute approximate surface area is 153 Å². The van der Waals surface area contributed by atoms with Crippen molar-refractivity contribution in [3.63, 3.8) is 0 Å². The topological polar surface area (TPSA) is 63.2 Å². The molecule has 2 aromatic heterocycles. The van der Waals surface area contributed by atoms with Crippen LogP contribution in [0.2, 0.25) is 0 Å². The van der Waals surface area contributed by atoms with Crippen LogP contribution in [0.25, 0.3) is 10.9 Å². The first-order valence-electron chi connectivity index (χ1n) is 8.88. The second kappa shape index (κ2) is 7.13. The summed E-state index contributed by atoms with van der Waals surface area (Å²) in [6.45, 7) is 1.09. The number of sulfonamides is 1. The van der Waals surface area contributed by atoms with Crippen molar-refractivity contribution in [2.75, 3.05) is 13.1 Å². The van der Waals surface area contributed by atoms with Crippen molar-refractivity contribution in [3.05, 3.63) is 66.6 Å². The fourth-order valence-corrected chi connectivity index (χ4v) is 5.23. The lowest BCUT2D eigenvalue weighted by molar-refractivity contribution is 0.272. The number of pyridine rings is 2. The van der Waals surface area contributed by atoms with E-state index < -0.39 is 10.0 Å². The Hall–Kier alpha value is -2.31. The summed E-state index contributed by atoms with van der Waals surface area (Å²) in [7, 11) is -3.53. The van der Waals surface area contributed by atoms with E-state index in [1.54, 1.807) is 22.6 Å². The molecule has 1 aliphatic rings. The first-order chi connectivity index (χ1) is 12.6. The van der Waals surface area contributed by atoms with E-state index in [9.17, 15) is 8.42 Å². The highest BCUT2D eigenvalue weighted by molar-refractivity contribution is 7.89. The van der Waals surface area contributed by atoms with Gasteiger partial charge in [0, 0.05) is 36.6 Å². The Morgan fingerprint density at radius 1 is 0.923 bits per heavy atom. The van der Waals surface area contributed by atoms with Gasteiger partial charge in [-0.2, -0.15) is 4.31 Å². The number of hydrogen-bond donors (Lipinski definition) is 0. The molecule has 5 nitrogen and oxygen atoms in total. The van der Waals surface area contributed by atoms with Gasteiger partial charge in [0.2, 0.25) is 10.0 Å². The van der Waals surface area contributed by atoms with Crippen molar-refractivity contribution in [1.82, 2.24) is 14.3 Å². The third-order valence-corrected chi connectivity index (χ3v) is 6.94. The molecule has 1 aromatic carbocycles. The van der Waals surface area contributed by atoms with E-state index in [-0.39, 0.29) is 0 Å². The fraction of sp³-hybridized carbons (Fsp3) is 0.300. The molecule has 0 spiro atoms. The molecule has 3 heterocycles. The van der Waals surface area contributed by atoms with Gasteiger partial charge < -0.3 is 0 Å². The summed E-state index contributed by atoms with van der Waals surface area (Å²) >= 11 is 0. The SMILES string of the molecule is O=S(=O)(c1cccc2cccnc12)N1CCC(Cc2ccccn2)CC1. The lowest BCUT2D eigenvalue weighted by Gasteiger charge is -2.31. The molecule has 4 rings (SSSR count). The van der Waals surface area contributed by atoms with Crippen molar-refractivity contribution in [2.45, 2.75) is 24.2 Å². The summed E-state index contributed by atoms with van der Waals surface area (Å²) in [5.41, 5.74) is 1.62. The quantitative estimate of drug-likeness (QED) is 0.710. The van der Waals surface area contributed by atoms with E-state index in [2.05, 4.69) is 9.97 Å². The Balaban J connectivity index is 1.51. The first kappa shape index (κ1) is 17.1. The van der Waals surface area contributed by atoms with Gasteiger partial charge in [0.25, 0.3) is 0 Å². The van der Waals surface area contributed by atoms with Gasteiger partial charge in [0.1, 0.15) is 4.90 Å². The first-order valence-corrected chi connectivity index (χ1v) is 10.3. The molecule has 1 aliphatic heterocycles. The number of benzene rings is 1. The highest BCUT2D eigenvalue weighted by Gasteiger charge is 2.31. The Bertz CT molecular complexity index is 993. The maximum absolute atomic E-state index is 13.1. The van der Waals surface area contributed by atoms with E-state index in [1.807, 2.05) is 42.6 Å². The molecule has 0 radical (unpaired) electrons. The van der Waals surface area contributed by atoms with Crippen LogP contribution in [0.4, 0.5) is 0 Å². The minimum absolute atomic E-state index is 0.304. The van der Waals surface area contributed by atoms with E-state index in [1.165, 1.54) is 0 Å². The molecule has 3 aromatic rings. The van der Waals surface area contributed by atoms with Crippen molar-refractivity contribution in [2.24, 2.45) is 5.92 Å². The lowest BCUT2D eigenvalue weighted by atomic mass is 9.93. The summed E-state index contributed by atoms with van der Waals surface area (Å²) in [6, 6.07) is 15.0. The van der Waals surface area contributed by atoms with Crippen molar-refractivity contribution in [1.29, 1.82) is 0 Å². The van der Waals surface area contributed by atoms with Crippen LogP contribution >= 0.6 is 0 Å². The summed E-state index contributed by atoms with van der Waals surface area (Å²) < 4.78 is 27.9. The zero-order chi connectivity index (χ0) is 18.0. The zero-order valence-electron chi connectivity index (χ0n) is 14.5. The average molecular weight is 367 g/mol. The normalized spacial score (nSPS) is 16.8. The third-order valence-electron chi connectivity index (χ3n) is 5.01. The van der Waals surface area contributed by atoms with Gasteiger partial charge in [-0.05, 0) is 49.4 Å². The largest absolute Gasteiger partial charge is 0.261 e. The number of nitrogens with zero attached hydrogens (tertiary/aromatic N) is 3. The molecule has 1 fully saturated rings. The minimum Gasteiger partial charge on any atom is -0.261 e. The van der Waals surface area contributed by atoms with Gasteiger partial charge in [-0.25, -0.2) is 8.42 Å². The highest BCUT2D eigenvalue weighted by Crippen LogP contribution is 2.28. The number of rotatable bonds is 4. The molecule has 0 saturated carbocycles. The molecule has 134 valence electrons. The number of aromatic nitrogens is 2. The van der Waals surface area contributed by atoms with Crippen LogP contribution in [-0.2, 0) is 16.4 Å². The Morgan fingerprint density at radius 3 is 2.46 bits per heavy atom. The molecule has 0 N–H and O–H groups in total. The number of piperidine rings is 1. The predicted octanol–water partition coefficient (Wildman–Crippen LogP) is 3.27. The molecule has 6 heteroatoms. The van der Waals surface area contributed by atoms with Gasteiger partial charge >= 0.3 is 0 Å². The van der Waals surface area contributed by atoms with Crippen molar-refractivity contribution < 1.29 is 8.42 Å². The molecular formula is C20H21N3O2S. The van der Waals surface area contributed by atoms with Gasteiger partial charge in [0.15, 0.2) is 0 Å². The average Bonchev–Trinajstić information content (AvgIpc) is 2.69. The number of para-hydroxylation sites is 1. The molecular weight excluding hydrogens is 346 g/mol. The van der Waals surface area contributed by atoms with Gasteiger partial charge in [-0.1, -0.05) is 24.3 Å². The summed E-state index contributed by atoms with van der Waals surface area (Å²) in [6.07, 6.45) is 6.06. The van der Waals surface area contributed by atoms with Gasteiger partial charge in [-0.15, -0.1) is 0 Å². The maximum atomic E-state index is 13.1. The lowest BCUT2D eigenvalue weighted by Crippen LogP contribution is -2.39. The maximum Gasteiger partial charge on any atom is 0.245 e. The van der Waals surface area contributed by atoms with E-state index in [0.29, 0.717) is 29.4 Å². The number of hydrogen-bond acceptors (Lipinski definition) is 4. The van der Waals surface area contributed by atoms with E-state index in [4.69, 9.17) is 0 Å². The van der Waals surface area contributed by atoms with Crippen LogP contribution in [0.3, 0.4) is 0 Å². The van der Waals surface area contributed by atoms with Crippen molar-refractivity contribution in [3.8, 4) is 0 Å². The molecule has 0 atom stereocenters. The second-order valence-corrected chi connectivity index (χ2v) is 8.61. The highest BCUT2D eigenvalue weighted by atomic mass is 32.2. The molecule has 1 saturated heterocycles. The van der Waals surface area contributed by atoms with E-state index >= 15 is 0 Å². The smallest absolute Gasteiger partial charge is 0.245 e. The molecule has 0 bridgehead atoms. The van der Waals surface area contributed by atoms with Crippen LogP contribution < -0.4 is 0 Å². The van der Waals surface area contributed by atoms with E-state index in [0.717, 1.165) is 30.3 Å². The Kier molecular flexibility index (Phi) is 4.70. The summed E-state index contributed by atoms with van der Waals surface area (Å²) in [4.78, 5) is 8.99. The monoisotopic (exact) mass is 367 g/mol. The van der Waals surface area contributed by atoms with Crippen LogP contribution in [0.5, 0.6) is 0 Å². The third kappa shape index (κ3) is 3.34. The van der Waals surface area contributed by atoms with Crippen LogP contribution in [0.15, 0.2) is 65.8 Å². The number of fused-ring (bicyclic) bond motifs is 1. The van der Waals surface area contributed by atoms with Gasteiger partial charge in [0.05, 0.1) is 5.52 Å². The molecule has 0 amide bonds. The van der Waals surface area contributed by atoms with Crippen LogP contribution in [0, 0.1) is 5.92 Å². The predicted molar refractivity (Wildman–Crippen MR) is 101 cm³/mol. The zero-order valence-corrected chi connectivity index (χ0v) is 15.3. The van der Waals surface area contributed by atoms with Crippen molar-refractivity contribution >= 4 is 20.9 Å². The molecule has 26 heavy (non-hydrogen) atoms. The Morgan fingerprint density at radius 2 is 1.69 bits per heavy atom. The standard InChI is InChI=1S/C20H21N3O2S/c24-26(25,19-8-3-5-17-6-4-12-22-20(17)19)23-13-9-16(10-14-23)15-18-7-1-2-11-21-18/h1-8,11-12,16H,9-10,13-15H2. The summed E-state index contributed by atoms with van der Waals surface area (Å²) in [5, 5.41) is 0.846. The molecule has 0 unspecified atom stereocenters.